The number of halogens is 1. The first-order chi connectivity index (χ1) is 13.8. The molecule has 0 unspecified atom stereocenters. The van der Waals surface area contributed by atoms with E-state index >= 15 is 0 Å². The average Bonchev–Trinajstić information content (AvgIpc) is 2.87. The van der Waals surface area contributed by atoms with E-state index in [0.717, 1.165) is 5.56 Å². The van der Waals surface area contributed by atoms with Crippen LogP contribution in [0.5, 0.6) is 11.5 Å². The van der Waals surface area contributed by atoms with Crippen molar-refractivity contribution in [1.29, 1.82) is 0 Å². The molecule has 0 aromatic heterocycles. The van der Waals surface area contributed by atoms with Gasteiger partial charge in [-0.3, -0.25) is 9.69 Å². The molecule has 0 radical (unpaired) electrons. The number of ether oxygens (including phenoxy) is 1. The molecule has 1 aliphatic heterocycles. The lowest BCUT2D eigenvalue weighted by atomic mass is 10.2. The van der Waals surface area contributed by atoms with Gasteiger partial charge in [-0.15, -0.1) is 0 Å². The number of carbonyl (C=O) groups excluding carboxylic acids is 2. The van der Waals surface area contributed by atoms with Crippen LogP contribution in [0.2, 0.25) is 5.02 Å². The topological polar surface area (TPSA) is 92.8 Å². The van der Waals surface area contributed by atoms with Gasteiger partial charge in [0, 0.05) is 22.8 Å². The molecule has 2 amide bonds. The van der Waals surface area contributed by atoms with Crippen molar-refractivity contribution in [2.75, 3.05) is 23.0 Å². The number of nitrogens with zero attached hydrogens (tertiary/aromatic N) is 1. The fourth-order valence-corrected chi connectivity index (χ4v) is 3.84. The smallest absolute Gasteiger partial charge is 0.322 e. The first kappa shape index (κ1) is 21.1. The molecular formula is C20H21ClN2O5S. The first-order valence-electron chi connectivity index (χ1n) is 9.12. The number of para-hydroxylation sites is 1. The minimum atomic E-state index is -3.23. The van der Waals surface area contributed by atoms with Crippen molar-refractivity contribution in [2.24, 2.45) is 0 Å². The SMILES string of the molecule is CCS(=O)(=O)CCC(=O)CNC(=O)N1Cc2ccccc2Oc2ccc(Cl)cc21. The Labute approximate surface area is 174 Å². The van der Waals surface area contributed by atoms with E-state index in [4.69, 9.17) is 16.3 Å². The number of carbonyl (C=O) groups is 2. The van der Waals surface area contributed by atoms with Gasteiger partial charge in [-0.05, 0) is 24.3 Å². The van der Waals surface area contributed by atoms with E-state index in [-0.39, 0.29) is 36.8 Å². The molecule has 1 N–H and O–H groups in total. The summed E-state index contributed by atoms with van der Waals surface area (Å²) in [5, 5.41) is 3.01. The highest BCUT2D eigenvalue weighted by molar-refractivity contribution is 7.91. The van der Waals surface area contributed by atoms with Gasteiger partial charge in [0.15, 0.2) is 11.5 Å². The number of rotatable bonds is 6. The van der Waals surface area contributed by atoms with Gasteiger partial charge in [0.2, 0.25) is 0 Å². The van der Waals surface area contributed by atoms with Gasteiger partial charge in [0.25, 0.3) is 0 Å². The van der Waals surface area contributed by atoms with Crippen LogP contribution in [0.25, 0.3) is 0 Å². The van der Waals surface area contributed by atoms with Gasteiger partial charge in [0.05, 0.1) is 24.5 Å². The lowest BCUT2D eigenvalue weighted by Gasteiger charge is -2.22. The van der Waals surface area contributed by atoms with Crippen LogP contribution in [0.15, 0.2) is 42.5 Å². The third-order valence-electron chi connectivity index (χ3n) is 4.55. The molecule has 7 nitrogen and oxygen atoms in total. The zero-order chi connectivity index (χ0) is 21.0. The number of Topliss-reactive ketones (excluding diaryl/α,β-unsaturated/α-hetero) is 1. The van der Waals surface area contributed by atoms with E-state index in [1.165, 1.54) is 11.8 Å². The number of nitrogens with one attached hydrogen (secondary N) is 1. The van der Waals surface area contributed by atoms with Crippen LogP contribution < -0.4 is 15.0 Å². The molecule has 0 spiro atoms. The molecule has 154 valence electrons. The maximum atomic E-state index is 12.8. The molecule has 1 aliphatic rings. The van der Waals surface area contributed by atoms with E-state index in [2.05, 4.69) is 5.32 Å². The lowest BCUT2D eigenvalue weighted by Crippen LogP contribution is -2.41. The van der Waals surface area contributed by atoms with Crippen LogP contribution in [0.3, 0.4) is 0 Å². The number of amides is 2. The van der Waals surface area contributed by atoms with Crippen LogP contribution in [-0.4, -0.2) is 38.3 Å². The Hall–Kier alpha value is -2.58. The molecule has 0 atom stereocenters. The summed E-state index contributed by atoms with van der Waals surface area (Å²) in [6, 6.07) is 11.8. The van der Waals surface area contributed by atoms with Crippen molar-refractivity contribution in [1.82, 2.24) is 5.32 Å². The Kier molecular flexibility index (Phi) is 6.44. The van der Waals surface area contributed by atoms with E-state index in [1.54, 1.807) is 18.2 Å². The molecule has 0 saturated carbocycles. The van der Waals surface area contributed by atoms with Crippen molar-refractivity contribution in [3.8, 4) is 11.5 Å². The van der Waals surface area contributed by atoms with Crippen molar-refractivity contribution in [3.63, 3.8) is 0 Å². The number of anilines is 1. The molecular weight excluding hydrogens is 416 g/mol. The minimum absolute atomic E-state index is 0.0165. The number of benzene rings is 2. The summed E-state index contributed by atoms with van der Waals surface area (Å²) in [5.74, 6) is 0.508. The molecule has 3 rings (SSSR count). The highest BCUT2D eigenvalue weighted by Crippen LogP contribution is 2.40. The van der Waals surface area contributed by atoms with Crippen molar-refractivity contribution in [3.05, 3.63) is 53.1 Å². The summed E-state index contributed by atoms with van der Waals surface area (Å²) < 4.78 is 29.0. The Morgan fingerprint density at radius 1 is 1.17 bits per heavy atom. The van der Waals surface area contributed by atoms with Crippen molar-refractivity contribution in [2.45, 2.75) is 19.9 Å². The second-order valence-electron chi connectivity index (χ2n) is 6.59. The van der Waals surface area contributed by atoms with E-state index < -0.39 is 15.9 Å². The summed E-state index contributed by atoms with van der Waals surface area (Å²) in [7, 11) is -3.23. The molecule has 0 saturated heterocycles. The number of fused-ring (bicyclic) bond motifs is 2. The first-order valence-corrected chi connectivity index (χ1v) is 11.3. The summed E-state index contributed by atoms with van der Waals surface area (Å²) in [5.41, 5.74) is 1.28. The van der Waals surface area contributed by atoms with Crippen LogP contribution in [0.4, 0.5) is 10.5 Å². The minimum Gasteiger partial charge on any atom is -0.455 e. The molecule has 2 aromatic rings. The molecule has 0 fully saturated rings. The number of hydrogen-bond donors (Lipinski definition) is 1. The Bertz CT molecular complexity index is 1040. The molecule has 1 heterocycles. The van der Waals surface area contributed by atoms with Gasteiger partial charge in [-0.25, -0.2) is 13.2 Å². The quantitative estimate of drug-likeness (QED) is 0.747. The fourth-order valence-electron chi connectivity index (χ4n) is 2.85. The van der Waals surface area contributed by atoms with Crippen LogP contribution in [0.1, 0.15) is 18.9 Å². The predicted molar refractivity (Wildman–Crippen MR) is 112 cm³/mol. The normalized spacial score (nSPS) is 13.0. The number of hydrogen-bond acceptors (Lipinski definition) is 5. The zero-order valence-corrected chi connectivity index (χ0v) is 17.4. The Morgan fingerprint density at radius 2 is 1.93 bits per heavy atom. The number of sulfone groups is 1. The fraction of sp³-hybridized carbons (Fsp3) is 0.300. The van der Waals surface area contributed by atoms with Crippen molar-refractivity contribution < 1.29 is 22.7 Å². The van der Waals surface area contributed by atoms with E-state index in [0.29, 0.717) is 22.2 Å². The van der Waals surface area contributed by atoms with Crippen LogP contribution in [0, 0.1) is 0 Å². The van der Waals surface area contributed by atoms with Gasteiger partial charge >= 0.3 is 6.03 Å². The molecule has 2 aromatic carbocycles. The largest absolute Gasteiger partial charge is 0.455 e. The summed E-state index contributed by atoms with van der Waals surface area (Å²) in [6.45, 7) is 1.50. The van der Waals surface area contributed by atoms with Gasteiger partial charge in [0.1, 0.15) is 15.6 Å². The monoisotopic (exact) mass is 436 g/mol. The lowest BCUT2D eigenvalue weighted by molar-refractivity contribution is -0.117. The summed E-state index contributed by atoms with van der Waals surface area (Å²) in [6.07, 6.45) is -0.134. The van der Waals surface area contributed by atoms with Gasteiger partial charge < -0.3 is 10.1 Å². The van der Waals surface area contributed by atoms with Gasteiger partial charge in [-0.1, -0.05) is 36.7 Å². The maximum Gasteiger partial charge on any atom is 0.322 e. The highest BCUT2D eigenvalue weighted by Gasteiger charge is 2.26. The average molecular weight is 437 g/mol. The zero-order valence-electron chi connectivity index (χ0n) is 15.9. The van der Waals surface area contributed by atoms with Crippen molar-refractivity contribution >= 4 is 38.9 Å². The van der Waals surface area contributed by atoms with Gasteiger partial charge in [-0.2, -0.15) is 0 Å². The second kappa shape index (κ2) is 8.84. The third kappa shape index (κ3) is 5.27. The molecule has 0 bridgehead atoms. The van der Waals surface area contributed by atoms with E-state index in [9.17, 15) is 18.0 Å². The number of ketones is 1. The Balaban J connectivity index is 1.75. The third-order valence-corrected chi connectivity index (χ3v) is 6.49. The molecule has 29 heavy (non-hydrogen) atoms. The standard InChI is InChI=1S/C20H21ClN2O5S/c1-2-29(26,27)10-9-16(24)12-22-20(25)23-13-14-5-3-4-6-18(14)28-19-8-7-15(21)11-17(19)23/h3-8,11H,2,9-10,12-13H2,1H3,(H,22,25). The van der Waals surface area contributed by atoms with E-state index in [1.807, 2.05) is 24.3 Å². The maximum absolute atomic E-state index is 12.8. The van der Waals surface area contributed by atoms with Crippen LogP contribution in [-0.2, 0) is 21.2 Å². The summed E-state index contributed by atoms with van der Waals surface area (Å²) in [4.78, 5) is 26.3. The molecule has 0 aliphatic carbocycles. The van der Waals surface area contributed by atoms with Crippen LogP contribution >= 0.6 is 11.6 Å². The summed E-state index contributed by atoms with van der Waals surface area (Å²) >= 11 is 6.11. The second-order valence-corrected chi connectivity index (χ2v) is 9.50. The molecule has 9 heteroatoms. The number of urea groups is 1. The Morgan fingerprint density at radius 3 is 2.69 bits per heavy atom. The predicted octanol–water partition coefficient (Wildman–Crippen LogP) is 3.56. The highest BCUT2D eigenvalue weighted by atomic mass is 35.5.